The zero-order chi connectivity index (χ0) is 24.3. The summed E-state index contributed by atoms with van der Waals surface area (Å²) in [4.78, 5) is 13.8. The number of hydrogen-bond donors (Lipinski definition) is 0. The molecule has 0 aromatic heterocycles. The minimum atomic E-state index is -0.734. The molecule has 5 rings (SSSR count). The highest BCUT2D eigenvalue weighted by atomic mass is 16.6. The van der Waals surface area contributed by atoms with E-state index in [1.54, 1.807) is 14.2 Å². The van der Waals surface area contributed by atoms with Gasteiger partial charge in [-0.05, 0) is 41.4 Å². The zero-order valence-corrected chi connectivity index (χ0v) is 21.1. The third-order valence-electron chi connectivity index (χ3n) is 8.35. The number of carbonyl (C=O) groups excluding carboxylic acids is 1. The summed E-state index contributed by atoms with van der Waals surface area (Å²) in [5.41, 5.74) is 3.28. The molecule has 3 aliphatic rings. The number of ether oxygens (including phenoxy) is 4. The molecule has 0 spiro atoms. The van der Waals surface area contributed by atoms with Crippen molar-refractivity contribution in [2.24, 2.45) is 11.3 Å². The summed E-state index contributed by atoms with van der Waals surface area (Å²) in [5, 5.41) is 0. The number of esters is 1. The van der Waals surface area contributed by atoms with E-state index in [1.165, 1.54) is 0 Å². The van der Waals surface area contributed by atoms with Crippen LogP contribution >= 0.6 is 0 Å². The van der Waals surface area contributed by atoms with Crippen molar-refractivity contribution in [3.05, 3.63) is 58.7 Å². The van der Waals surface area contributed by atoms with Crippen molar-refractivity contribution < 1.29 is 23.7 Å². The molecule has 0 radical (unpaired) electrons. The lowest BCUT2D eigenvalue weighted by atomic mass is 9.49. The summed E-state index contributed by atoms with van der Waals surface area (Å²) in [5.74, 6) is 1.47. The molecule has 1 saturated heterocycles. The van der Waals surface area contributed by atoms with Crippen molar-refractivity contribution in [3.8, 4) is 11.5 Å². The molecule has 5 heteroatoms. The molecule has 2 fully saturated rings. The Morgan fingerprint density at radius 3 is 2.41 bits per heavy atom. The van der Waals surface area contributed by atoms with Gasteiger partial charge in [-0.1, -0.05) is 64.4 Å². The topological polar surface area (TPSA) is 54.0 Å². The fourth-order valence-electron chi connectivity index (χ4n) is 6.99. The van der Waals surface area contributed by atoms with Gasteiger partial charge in [0, 0.05) is 17.0 Å². The van der Waals surface area contributed by atoms with Gasteiger partial charge in [0.15, 0.2) is 11.5 Å². The molecule has 2 bridgehead atoms. The minimum Gasteiger partial charge on any atom is -0.493 e. The molecule has 0 unspecified atom stereocenters. The first-order valence-electron chi connectivity index (χ1n) is 12.4. The van der Waals surface area contributed by atoms with Crippen LogP contribution in [-0.4, -0.2) is 26.3 Å². The van der Waals surface area contributed by atoms with Crippen LogP contribution in [-0.2, 0) is 26.3 Å². The molecule has 2 aliphatic carbocycles. The highest BCUT2D eigenvalue weighted by molar-refractivity contribution is 5.90. The van der Waals surface area contributed by atoms with E-state index in [1.807, 2.05) is 18.2 Å². The van der Waals surface area contributed by atoms with Crippen LogP contribution in [0.3, 0.4) is 0 Å². The van der Waals surface area contributed by atoms with Gasteiger partial charge in [0.25, 0.3) is 0 Å². The highest BCUT2D eigenvalue weighted by Gasteiger charge is 2.70. The number of benzene rings is 2. The molecule has 1 aliphatic heterocycles. The normalized spacial score (nSPS) is 28.8. The summed E-state index contributed by atoms with van der Waals surface area (Å²) in [7, 11) is 3.35. The van der Waals surface area contributed by atoms with Crippen LogP contribution < -0.4 is 9.47 Å². The Hall–Kier alpha value is -2.53. The second-order valence-electron chi connectivity index (χ2n) is 11.0. The third kappa shape index (κ3) is 3.19. The first kappa shape index (κ1) is 23.2. The van der Waals surface area contributed by atoms with E-state index in [9.17, 15) is 4.79 Å². The Labute approximate surface area is 202 Å². The van der Waals surface area contributed by atoms with E-state index in [0.717, 1.165) is 41.5 Å². The smallest absolute Gasteiger partial charge is 0.317 e. The van der Waals surface area contributed by atoms with E-state index in [2.05, 4.69) is 45.9 Å². The highest BCUT2D eigenvalue weighted by Crippen LogP contribution is 2.67. The number of fused-ring (bicyclic) bond motifs is 1. The Morgan fingerprint density at radius 2 is 1.76 bits per heavy atom. The molecule has 34 heavy (non-hydrogen) atoms. The molecule has 2 aromatic carbocycles. The largest absolute Gasteiger partial charge is 0.493 e. The predicted octanol–water partition coefficient (Wildman–Crippen LogP) is 6.09. The van der Waals surface area contributed by atoms with Gasteiger partial charge < -0.3 is 18.9 Å². The van der Waals surface area contributed by atoms with Crippen LogP contribution in [0.15, 0.2) is 36.4 Å². The lowest BCUT2D eigenvalue weighted by Crippen LogP contribution is -2.54. The molecule has 1 heterocycles. The van der Waals surface area contributed by atoms with Gasteiger partial charge in [0.1, 0.15) is 17.6 Å². The maximum absolute atomic E-state index is 13.8. The van der Waals surface area contributed by atoms with Crippen molar-refractivity contribution in [3.63, 3.8) is 0 Å². The quantitative estimate of drug-likeness (QED) is 0.484. The minimum absolute atomic E-state index is 0.0121. The van der Waals surface area contributed by atoms with Gasteiger partial charge in [0.2, 0.25) is 0 Å². The fourth-order valence-corrected chi connectivity index (χ4v) is 6.99. The van der Waals surface area contributed by atoms with Crippen molar-refractivity contribution in [1.29, 1.82) is 0 Å². The number of rotatable bonds is 6. The Kier molecular flexibility index (Phi) is 5.67. The van der Waals surface area contributed by atoms with E-state index >= 15 is 0 Å². The van der Waals surface area contributed by atoms with Crippen LogP contribution in [0.25, 0.3) is 0 Å². The number of methoxy groups -OCH3 is 2. The molecule has 0 N–H and O–H groups in total. The second kappa shape index (κ2) is 8.30. The van der Waals surface area contributed by atoms with Gasteiger partial charge in [-0.15, -0.1) is 0 Å². The van der Waals surface area contributed by atoms with E-state index in [-0.39, 0.29) is 35.4 Å². The Morgan fingerprint density at radius 1 is 1.06 bits per heavy atom. The van der Waals surface area contributed by atoms with Crippen LogP contribution in [0.4, 0.5) is 0 Å². The first-order chi connectivity index (χ1) is 16.3. The Balaban J connectivity index is 1.76. The zero-order valence-electron chi connectivity index (χ0n) is 21.1. The summed E-state index contributed by atoms with van der Waals surface area (Å²) in [6.07, 6.45) is 2.09. The van der Waals surface area contributed by atoms with Crippen LogP contribution in [0.2, 0.25) is 0 Å². The summed E-state index contributed by atoms with van der Waals surface area (Å²) in [6.45, 7) is 9.28. The Bertz CT molecular complexity index is 1090. The second-order valence-corrected chi connectivity index (χ2v) is 11.0. The van der Waals surface area contributed by atoms with Gasteiger partial charge in [-0.25, -0.2) is 0 Å². The average Bonchev–Trinajstić information content (AvgIpc) is 3.08. The molecule has 2 aromatic rings. The van der Waals surface area contributed by atoms with E-state index < -0.39 is 5.41 Å². The fraction of sp³-hybridized carbons (Fsp3) is 0.552. The van der Waals surface area contributed by atoms with Gasteiger partial charge in [0.05, 0.1) is 20.8 Å². The SMILES string of the molecule is COc1c(C(C)C)cc2c(c1OC)[C@@]13CCCC(C)(C)[C@@H]1[C@H](OC3=O)[C@@H]2OCc1ccccc1. The lowest BCUT2D eigenvalue weighted by molar-refractivity contribution is -0.150. The summed E-state index contributed by atoms with van der Waals surface area (Å²) < 4.78 is 24.9. The van der Waals surface area contributed by atoms with Crippen LogP contribution in [0.1, 0.15) is 81.2 Å². The van der Waals surface area contributed by atoms with Gasteiger partial charge in [-0.2, -0.15) is 0 Å². The van der Waals surface area contributed by atoms with Gasteiger partial charge in [-0.3, -0.25) is 4.79 Å². The average molecular weight is 465 g/mol. The van der Waals surface area contributed by atoms with Crippen molar-refractivity contribution in [1.82, 2.24) is 0 Å². The van der Waals surface area contributed by atoms with Crippen LogP contribution in [0.5, 0.6) is 11.5 Å². The third-order valence-corrected chi connectivity index (χ3v) is 8.35. The monoisotopic (exact) mass is 464 g/mol. The van der Waals surface area contributed by atoms with Crippen molar-refractivity contribution in [2.45, 2.75) is 77.1 Å². The first-order valence-corrected chi connectivity index (χ1v) is 12.4. The molecule has 5 nitrogen and oxygen atoms in total. The standard InChI is InChI=1S/C29H36O5/c1-17(2)19-15-20-21(24(32-6)22(19)31-5)29-14-10-13-28(3,4)26(29)25(34-27(29)30)23(20)33-16-18-11-8-7-9-12-18/h7-9,11-12,15,17,23,25-26H,10,13-14,16H2,1-6H3/t23-,25-,26+,29+/m1/s1. The maximum atomic E-state index is 13.8. The van der Waals surface area contributed by atoms with Crippen molar-refractivity contribution >= 4 is 5.97 Å². The summed E-state index contributed by atoms with van der Waals surface area (Å²) >= 11 is 0. The van der Waals surface area contributed by atoms with Crippen molar-refractivity contribution in [2.75, 3.05) is 14.2 Å². The van der Waals surface area contributed by atoms with E-state index in [4.69, 9.17) is 18.9 Å². The number of hydrogen-bond acceptors (Lipinski definition) is 5. The molecular formula is C29H36O5. The molecule has 182 valence electrons. The van der Waals surface area contributed by atoms with Gasteiger partial charge >= 0.3 is 5.97 Å². The molecule has 1 saturated carbocycles. The summed E-state index contributed by atoms with van der Waals surface area (Å²) in [6, 6.07) is 12.3. The molecular weight excluding hydrogens is 428 g/mol. The molecule has 0 amide bonds. The predicted molar refractivity (Wildman–Crippen MR) is 130 cm³/mol. The van der Waals surface area contributed by atoms with E-state index in [0.29, 0.717) is 18.1 Å². The van der Waals surface area contributed by atoms with Crippen LogP contribution in [0, 0.1) is 11.3 Å². The lowest BCUT2D eigenvalue weighted by Gasteiger charge is -2.52. The molecule has 4 atom stereocenters. The maximum Gasteiger partial charge on any atom is 0.317 e. The number of carbonyl (C=O) groups is 1.